The molecule has 0 radical (unpaired) electrons. The third kappa shape index (κ3) is 6.14. The zero-order chi connectivity index (χ0) is 28.6. The predicted molar refractivity (Wildman–Crippen MR) is 132 cm³/mol. The number of amides is 2. The number of aryl methyl sites for hydroxylation is 1. The third-order valence-corrected chi connectivity index (χ3v) is 7.60. The molecular formula is C23H30F3N5O6S. The number of nitrogens with one attached hydrogen (secondary N) is 2. The van der Waals surface area contributed by atoms with Gasteiger partial charge in [0.2, 0.25) is 11.5 Å². The number of hydrogen-bond acceptors (Lipinski definition) is 7. The normalized spacial score (nSPS) is 16.1. The summed E-state index contributed by atoms with van der Waals surface area (Å²) in [6, 6.07) is 3.84. The molecule has 0 bridgehead atoms. The van der Waals surface area contributed by atoms with Gasteiger partial charge in [0.25, 0.3) is 10.0 Å². The van der Waals surface area contributed by atoms with Crippen LogP contribution in [0, 0.1) is 6.92 Å². The van der Waals surface area contributed by atoms with Crippen molar-refractivity contribution in [1.29, 1.82) is 0 Å². The summed E-state index contributed by atoms with van der Waals surface area (Å²) in [7, 11) is -4.22. The van der Waals surface area contributed by atoms with Crippen molar-refractivity contribution in [2.45, 2.75) is 70.4 Å². The highest BCUT2D eigenvalue weighted by Crippen LogP contribution is 2.40. The average Bonchev–Trinajstić information content (AvgIpc) is 3.18. The van der Waals surface area contributed by atoms with E-state index < -0.39 is 34.0 Å². The van der Waals surface area contributed by atoms with Gasteiger partial charge in [0, 0.05) is 24.8 Å². The van der Waals surface area contributed by atoms with Crippen LogP contribution in [0.3, 0.4) is 0 Å². The summed E-state index contributed by atoms with van der Waals surface area (Å²) >= 11 is 0. The maximum Gasteiger partial charge on any atom is 0.427 e. The van der Waals surface area contributed by atoms with E-state index in [1.54, 1.807) is 6.92 Å². The van der Waals surface area contributed by atoms with Gasteiger partial charge in [0.15, 0.2) is 0 Å². The molecular weight excluding hydrogens is 531 g/mol. The first-order chi connectivity index (χ1) is 17.4. The van der Waals surface area contributed by atoms with E-state index in [0.29, 0.717) is 13.8 Å². The Morgan fingerprint density at radius 1 is 1.26 bits per heavy atom. The van der Waals surface area contributed by atoms with Crippen molar-refractivity contribution in [3.05, 3.63) is 30.1 Å². The molecule has 2 heterocycles. The largest absolute Gasteiger partial charge is 0.484 e. The lowest BCUT2D eigenvalue weighted by Crippen LogP contribution is -2.48. The van der Waals surface area contributed by atoms with E-state index in [1.165, 1.54) is 36.0 Å². The molecule has 0 aliphatic carbocycles. The van der Waals surface area contributed by atoms with E-state index in [0.717, 1.165) is 4.31 Å². The van der Waals surface area contributed by atoms with E-state index in [1.807, 2.05) is 13.8 Å². The average molecular weight is 562 g/mol. The van der Waals surface area contributed by atoms with Gasteiger partial charge < -0.3 is 14.8 Å². The summed E-state index contributed by atoms with van der Waals surface area (Å²) in [5.41, 5.74) is -2.48. The number of alkyl halides is 3. The Hall–Kier alpha value is -3.49. The van der Waals surface area contributed by atoms with Crippen molar-refractivity contribution in [2.24, 2.45) is 0 Å². The topological polar surface area (TPSA) is 132 Å². The van der Waals surface area contributed by atoms with E-state index in [2.05, 4.69) is 20.5 Å². The molecule has 1 aliphatic heterocycles. The van der Waals surface area contributed by atoms with Crippen LogP contribution in [0.15, 0.2) is 29.3 Å². The lowest BCUT2D eigenvalue weighted by atomic mass is 10.1. The second-order valence-electron chi connectivity index (χ2n) is 9.57. The van der Waals surface area contributed by atoms with Crippen LogP contribution in [0.2, 0.25) is 0 Å². The maximum absolute atomic E-state index is 13.8. The lowest BCUT2D eigenvalue weighted by molar-refractivity contribution is -0.242. The van der Waals surface area contributed by atoms with Crippen molar-refractivity contribution in [2.75, 3.05) is 22.7 Å². The molecule has 2 N–H and O–H groups in total. The standard InChI is InChI=1S/C23H30F3N5O6S/c1-13(2)30-12-20(14(3)29-30)38(34,35)31-11-17(10-27-15(4)32)36-19-8-7-16(9-18(19)31)28-21(33)37-22(5,6)23(24,25)26/h7-9,12-13,17H,10-11H2,1-6H3,(H,27,32)(H,28,33). The number of benzene rings is 1. The minimum Gasteiger partial charge on any atom is -0.484 e. The minimum atomic E-state index is -4.81. The highest BCUT2D eigenvalue weighted by atomic mass is 32.2. The monoisotopic (exact) mass is 561 g/mol. The van der Waals surface area contributed by atoms with Gasteiger partial charge in [0.1, 0.15) is 16.7 Å². The van der Waals surface area contributed by atoms with Crippen LogP contribution < -0.4 is 19.7 Å². The zero-order valence-electron chi connectivity index (χ0n) is 21.7. The highest BCUT2D eigenvalue weighted by Gasteiger charge is 2.51. The van der Waals surface area contributed by atoms with Crippen molar-refractivity contribution in [3.63, 3.8) is 0 Å². The zero-order valence-corrected chi connectivity index (χ0v) is 22.5. The fraction of sp³-hybridized carbons (Fsp3) is 0.522. The van der Waals surface area contributed by atoms with E-state index in [4.69, 9.17) is 4.74 Å². The number of aromatic nitrogens is 2. The first-order valence-corrected chi connectivity index (χ1v) is 13.1. The van der Waals surface area contributed by atoms with Crippen molar-refractivity contribution < 1.29 is 40.7 Å². The number of carbonyl (C=O) groups is 2. The number of hydrogen-bond donors (Lipinski definition) is 2. The molecule has 0 saturated heterocycles. The molecule has 2 amide bonds. The molecule has 38 heavy (non-hydrogen) atoms. The fourth-order valence-electron chi connectivity index (χ4n) is 3.52. The van der Waals surface area contributed by atoms with Crippen molar-refractivity contribution in [3.8, 4) is 5.75 Å². The van der Waals surface area contributed by atoms with Crippen LogP contribution in [0.5, 0.6) is 5.75 Å². The lowest BCUT2D eigenvalue weighted by Gasteiger charge is -2.35. The first kappa shape index (κ1) is 29.1. The number of rotatable bonds is 7. The van der Waals surface area contributed by atoms with Gasteiger partial charge in [-0.25, -0.2) is 13.2 Å². The van der Waals surface area contributed by atoms with Gasteiger partial charge >= 0.3 is 12.3 Å². The Labute approximate surface area is 218 Å². The molecule has 2 aromatic rings. The Balaban J connectivity index is 1.99. The van der Waals surface area contributed by atoms with Crippen LogP contribution in [-0.2, 0) is 19.6 Å². The molecule has 1 unspecified atom stereocenters. The van der Waals surface area contributed by atoms with Crippen LogP contribution in [0.4, 0.5) is 29.3 Å². The van der Waals surface area contributed by atoms with Gasteiger partial charge in [-0.1, -0.05) is 0 Å². The van der Waals surface area contributed by atoms with Crippen LogP contribution >= 0.6 is 0 Å². The quantitative estimate of drug-likeness (QED) is 0.526. The second kappa shape index (κ2) is 10.3. The SMILES string of the molecule is CC(=O)NCC1CN(S(=O)(=O)c2cn(C(C)C)nc2C)c2cc(NC(=O)OC(C)(C)C(F)(F)F)ccc2O1. The van der Waals surface area contributed by atoms with Gasteiger partial charge in [-0.3, -0.25) is 19.1 Å². The predicted octanol–water partition coefficient (Wildman–Crippen LogP) is 3.75. The molecule has 1 aromatic carbocycles. The molecule has 1 atom stereocenters. The summed E-state index contributed by atoms with van der Waals surface area (Å²) in [5.74, 6) is -0.207. The fourth-order valence-corrected chi connectivity index (χ4v) is 5.17. The van der Waals surface area contributed by atoms with E-state index in [9.17, 15) is 31.2 Å². The molecule has 1 aromatic heterocycles. The van der Waals surface area contributed by atoms with E-state index in [-0.39, 0.29) is 52.8 Å². The molecule has 1 aliphatic rings. The van der Waals surface area contributed by atoms with Crippen molar-refractivity contribution in [1.82, 2.24) is 15.1 Å². The number of sulfonamides is 1. The van der Waals surface area contributed by atoms with Gasteiger partial charge in [0.05, 0.1) is 24.5 Å². The number of nitrogens with zero attached hydrogens (tertiary/aromatic N) is 3. The summed E-state index contributed by atoms with van der Waals surface area (Å²) in [5, 5.41) is 9.07. The van der Waals surface area contributed by atoms with Crippen molar-refractivity contribution >= 4 is 33.4 Å². The molecule has 15 heteroatoms. The molecule has 11 nitrogen and oxygen atoms in total. The number of fused-ring (bicyclic) bond motifs is 1. The minimum absolute atomic E-state index is 0.0177. The van der Waals surface area contributed by atoms with Gasteiger partial charge in [-0.2, -0.15) is 18.3 Å². The number of carbonyl (C=O) groups excluding carboxylic acids is 2. The third-order valence-electron chi connectivity index (χ3n) is 5.72. The van der Waals surface area contributed by atoms with Gasteiger partial charge in [-0.05, 0) is 52.8 Å². The molecule has 3 rings (SSSR count). The van der Waals surface area contributed by atoms with E-state index >= 15 is 0 Å². The number of halogens is 3. The number of anilines is 2. The maximum atomic E-state index is 13.8. The summed E-state index contributed by atoms with van der Waals surface area (Å²) in [6.07, 6.45) is -5.53. The van der Waals surface area contributed by atoms with Crippen LogP contribution in [-0.4, -0.2) is 61.2 Å². The molecule has 0 spiro atoms. The Kier molecular flexibility index (Phi) is 7.91. The van der Waals surface area contributed by atoms with Gasteiger partial charge in [-0.15, -0.1) is 0 Å². The Bertz CT molecular complexity index is 1320. The first-order valence-electron chi connectivity index (χ1n) is 11.6. The second-order valence-corrected chi connectivity index (χ2v) is 11.4. The number of ether oxygens (including phenoxy) is 2. The summed E-state index contributed by atoms with van der Waals surface area (Å²) in [6.45, 7) is 7.78. The molecule has 210 valence electrons. The highest BCUT2D eigenvalue weighted by molar-refractivity contribution is 7.92. The van der Waals surface area contributed by atoms with Crippen LogP contribution in [0.1, 0.15) is 46.4 Å². The molecule has 0 saturated carbocycles. The smallest absolute Gasteiger partial charge is 0.427 e. The Morgan fingerprint density at radius 2 is 1.92 bits per heavy atom. The summed E-state index contributed by atoms with van der Waals surface area (Å²) in [4.78, 5) is 23.6. The Morgan fingerprint density at radius 3 is 2.47 bits per heavy atom. The summed E-state index contributed by atoms with van der Waals surface area (Å²) < 4.78 is 79.9. The van der Waals surface area contributed by atoms with Crippen LogP contribution in [0.25, 0.3) is 0 Å². The molecule has 0 fully saturated rings.